The zero-order valence-corrected chi connectivity index (χ0v) is 24.3. The Kier molecular flexibility index (Phi) is 5.95. The van der Waals surface area contributed by atoms with Crippen LogP contribution in [0.3, 0.4) is 0 Å². The van der Waals surface area contributed by atoms with Gasteiger partial charge in [0.2, 0.25) is 0 Å². The van der Waals surface area contributed by atoms with Gasteiger partial charge in [0.1, 0.15) is 0 Å². The number of aromatic nitrogens is 2. The summed E-state index contributed by atoms with van der Waals surface area (Å²) in [5.41, 5.74) is 7.98. The molecule has 1 aliphatic heterocycles. The number of nitrogens with zero attached hydrogens (tertiary/aromatic N) is 3. The Morgan fingerprint density at radius 3 is 2.66 bits per heavy atom. The normalized spacial score (nSPS) is 16.4. The zero-order chi connectivity index (χ0) is 27.5. The number of hydrogen-bond acceptors (Lipinski definition) is 4. The average molecular weight is 590 g/mol. The van der Waals surface area contributed by atoms with E-state index in [9.17, 15) is 4.79 Å². The number of allylic oxidation sites excluding steroid dienone is 1. The van der Waals surface area contributed by atoms with Gasteiger partial charge in [-0.1, -0.05) is 89.7 Å². The lowest BCUT2D eigenvalue weighted by Gasteiger charge is -2.30. The van der Waals surface area contributed by atoms with E-state index in [-0.39, 0.29) is 11.6 Å². The molecule has 1 unspecified atom stereocenters. The summed E-state index contributed by atoms with van der Waals surface area (Å²) in [4.78, 5) is 21.2. The smallest absolute Gasteiger partial charge is 0.271 e. The van der Waals surface area contributed by atoms with E-state index in [0.29, 0.717) is 11.1 Å². The van der Waals surface area contributed by atoms with Crippen LogP contribution in [0.25, 0.3) is 22.7 Å². The second-order valence-corrected chi connectivity index (χ2v) is 12.8. The second kappa shape index (κ2) is 9.84. The molecule has 1 aliphatic carbocycles. The van der Waals surface area contributed by atoms with Crippen molar-refractivity contribution in [2.45, 2.75) is 25.4 Å². The average Bonchev–Trinajstić information content (AvgIpc) is 3.73. The summed E-state index contributed by atoms with van der Waals surface area (Å²) in [6.45, 7) is 0.653. The molecule has 4 nitrogen and oxygen atoms in total. The lowest BCUT2D eigenvalue weighted by Crippen LogP contribution is -2.38. The maximum absolute atomic E-state index is 14.2. The molecular weight excluding hydrogens is 566 g/mol. The van der Waals surface area contributed by atoms with Crippen molar-refractivity contribution >= 4 is 57.0 Å². The van der Waals surface area contributed by atoms with Gasteiger partial charge in [-0.15, -0.1) is 11.3 Å². The number of benzene rings is 3. The van der Waals surface area contributed by atoms with E-state index in [1.807, 2.05) is 41.0 Å². The number of aryl methyl sites for hydroxylation is 1. The first-order valence-corrected chi connectivity index (χ1v) is 15.7. The summed E-state index contributed by atoms with van der Waals surface area (Å²) in [6.07, 6.45) is 6.03. The van der Waals surface area contributed by atoms with Crippen LogP contribution in [0.2, 0.25) is 5.02 Å². The highest BCUT2D eigenvalue weighted by atomic mass is 35.5. The van der Waals surface area contributed by atoms with Crippen molar-refractivity contribution in [3.05, 3.63) is 154 Å². The Labute approximate surface area is 249 Å². The molecule has 1 atom stereocenters. The largest absolute Gasteiger partial charge is 0.342 e. The van der Waals surface area contributed by atoms with E-state index in [2.05, 4.69) is 70.7 Å². The number of rotatable bonds is 4. The maximum Gasteiger partial charge on any atom is 0.271 e. The summed E-state index contributed by atoms with van der Waals surface area (Å²) >= 11 is 9.69. The number of hydrogen-bond donors (Lipinski definition) is 0. The third-order valence-corrected chi connectivity index (χ3v) is 10.4. The molecule has 6 aromatic rings. The molecule has 0 N–H and O–H groups in total. The third kappa shape index (κ3) is 4.09. The minimum atomic E-state index is -0.127. The van der Waals surface area contributed by atoms with Gasteiger partial charge < -0.3 is 4.57 Å². The van der Waals surface area contributed by atoms with Crippen molar-refractivity contribution < 1.29 is 0 Å². The van der Waals surface area contributed by atoms with Gasteiger partial charge in [-0.3, -0.25) is 9.36 Å². The van der Waals surface area contributed by atoms with Gasteiger partial charge in [0.25, 0.3) is 5.56 Å². The summed E-state index contributed by atoms with van der Waals surface area (Å²) in [7, 11) is 0. The van der Waals surface area contributed by atoms with Gasteiger partial charge in [0, 0.05) is 44.7 Å². The van der Waals surface area contributed by atoms with Crippen molar-refractivity contribution in [2.24, 2.45) is 4.99 Å². The summed E-state index contributed by atoms with van der Waals surface area (Å²) in [6, 6.07) is 28.9. The van der Waals surface area contributed by atoms with Gasteiger partial charge in [-0.25, -0.2) is 4.99 Å². The van der Waals surface area contributed by atoms with Crippen molar-refractivity contribution in [2.75, 3.05) is 0 Å². The molecule has 0 amide bonds. The number of halogens is 1. The highest BCUT2D eigenvalue weighted by Gasteiger charge is 2.33. The van der Waals surface area contributed by atoms with E-state index in [1.54, 1.807) is 11.3 Å². The van der Waals surface area contributed by atoms with E-state index in [0.717, 1.165) is 50.4 Å². The first-order chi connectivity index (χ1) is 20.2. The molecule has 2 aliphatic rings. The molecule has 0 fully saturated rings. The van der Waals surface area contributed by atoms with Gasteiger partial charge in [0.05, 0.1) is 16.3 Å². The molecule has 0 saturated heterocycles. The number of para-hydroxylation sites is 1. The number of thiophene rings is 1. The molecule has 7 heteroatoms. The van der Waals surface area contributed by atoms with Crippen LogP contribution in [0.5, 0.6) is 0 Å². The third-order valence-electron chi connectivity index (χ3n) is 8.09. The Morgan fingerprint density at radius 2 is 1.78 bits per heavy atom. The van der Waals surface area contributed by atoms with E-state index in [4.69, 9.17) is 16.6 Å². The quantitative estimate of drug-likeness (QED) is 0.217. The minimum Gasteiger partial charge on any atom is -0.342 e. The van der Waals surface area contributed by atoms with Crippen molar-refractivity contribution in [1.29, 1.82) is 0 Å². The highest BCUT2D eigenvalue weighted by Crippen LogP contribution is 2.42. The van der Waals surface area contributed by atoms with E-state index < -0.39 is 0 Å². The van der Waals surface area contributed by atoms with E-state index >= 15 is 0 Å². The van der Waals surface area contributed by atoms with Crippen molar-refractivity contribution in [3.63, 3.8) is 0 Å². The fourth-order valence-corrected chi connectivity index (χ4v) is 8.23. The summed E-state index contributed by atoms with van der Waals surface area (Å²) in [5, 5.41) is 3.95. The Morgan fingerprint density at radius 1 is 0.951 bits per heavy atom. The molecule has 3 aromatic carbocycles. The van der Waals surface area contributed by atoms with Gasteiger partial charge in [-0.2, -0.15) is 0 Å². The Hall–Kier alpha value is -3.97. The number of fused-ring (bicyclic) bond motifs is 4. The Balaban J connectivity index is 1.32. The molecule has 8 rings (SSSR count). The maximum atomic E-state index is 14.2. The van der Waals surface area contributed by atoms with Crippen LogP contribution in [0.15, 0.2) is 112 Å². The standard InChI is InChI=1S/C34H24ClN3OS2/c35-27-12-5-2-9-22(27)19-37-20-23(24-10-4-6-13-28(24)37)18-30-33(39)38-32(29-14-7-17-40-29)26-16-15-21-8-1-3-11-25(21)31(26)36-34(38)41-30/h1-14,17-18,20,32H,15-16,19H2/b30-18-. The minimum absolute atomic E-state index is 0.0143. The molecular formula is C34H24ClN3OS2. The molecule has 200 valence electrons. The van der Waals surface area contributed by atoms with Crippen LogP contribution in [0.4, 0.5) is 0 Å². The van der Waals surface area contributed by atoms with Crippen LogP contribution in [0.1, 0.15) is 39.6 Å². The fraction of sp³-hybridized carbons (Fsp3) is 0.118. The van der Waals surface area contributed by atoms with Gasteiger partial charge in [-0.05, 0) is 59.2 Å². The zero-order valence-electron chi connectivity index (χ0n) is 22.0. The molecule has 0 bridgehead atoms. The lowest BCUT2D eigenvalue weighted by molar-refractivity contribution is 0.593. The lowest BCUT2D eigenvalue weighted by atomic mass is 9.85. The SMILES string of the molecule is O=c1/c(=C/c2cn(Cc3ccccc3Cl)c3ccccc23)sc2n1C(c1cccs1)C1=C(N=2)c2ccccc2CC1. The molecule has 41 heavy (non-hydrogen) atoms. The van der Waals surface area contributed by atoms with Crippen molar-refractivity contribution in [3.8, 4) is 0 Å². The highest BCUT2D eigenvalue weighted by molar-refractivity contribution is 7.10. The topological polar surface area (TPSA) is 39.3 Å². The molecule has 4 heterocycles. The molecule has 0 saturated carbocycles. The first-order valence-electron chi connectivity index (χ1n) is 13.6. The van der Waals surface area contributed by atoms with Gasteiger partial charge in [0.15, 0.2) is 4.80 Å². The summed E-state index contributed by atoms with van der Waals surface area (Å²) in [5.74, 6) is 0. The predicted molar refractivity (Wildman–Crippen MR) is 170 cm³/mol. The predicted octanol–water partition coefficient (Wildman–Crippen LogP) is 7.04. The van der Waals surface area contributed by atoms with Crippen LogP contribution in [0, 0.1) is 0 Å². The fourth-order valence-electron chi connectivity index (χ4n) is 6.19. The Bertz CT molecular complexity index is 2180. The molecule has 0 radical (unpaired) electrons. The van der Waals surface area contributed by atoms with Crippen LogP contribution < -0.4 is 14.9 Å². The molecule has 0 spiro atoms. The van der Waals surface area contributed by atoms with Gasteiger partial charge >= 0.3 is 0 Å². The van der Waals surface area contributed by atoms with Crippen LogP contribution >= 0.6 is 34.3 Å². The summed E-state index contributed by atoms with van der Waals surface area (Å²) < 4.78 is 4.83. The number of thiazole rings is 1. The first kappa shape index (κ1) is 24.8. The second-order valence-electron chi connectivity index (χ2n) is 10.5. The van der Waals surface area contributed by atoms with E-state index in [1.165, 1.54) is 32.9 Å². The van der Waals surface area contributed by atoms with Crippen LogP contribution in [-0.4, -0.2) is 9.13 Å². The molecule has 3 aromatic heterocycles. The van der Waals surface area contributed by atoms with Crippen LogP contribution in [-0.2, 0) is 13.0 Å². The van der Waals surface area contributed by atoms with Crippen molar-refractivity contribution in [1.82, 2.24) is 9.13 Å². The monoisotopic (exact) mass is 589 g/mol.